The highest BCUT2D eigenvalue weighted by Crippen LogP contribution is 2.32. The zero-order valence-electron chi connectivity index (χ0n) is 20.8. The van der Waals surface area contributed by atoms with E-state index >= 15 is 0 Å². The van der Waals surface area contributed by atoms with E-state index in [0.717, 1.165) is 25.7 Å². The number of likely N-dealkylation sites (N-methyl/N-ethyl adjacent to an activating group) is 1. The summed E-state index contributed by atoms with van der Waals surface area (Å²) in [5, 5.41) is 0. The number of ether oxygens (including phenoxy) is 2. The maximum absolute atomic E-state index is 12.2. The Morgan fingerprint density at radius 3 is 2.00 bits per heavy atom. The van der Waals surface area contributed by atoms with Gasteiger partial charge in [-0.3, -0.25) is 14.5 Å². The Labute approximate surface area is 191 Å². The topological polar surface area (TPSA) is 55.8 Å². The molecule has 0 aromatic carbocycles. The third-order valence-corrected chi connectivity index (χ3v) is 6.26. The van der Waals surface area contributed by atoms with Crippen LogP contribution in [-0.4, -0.2) is 49.7 Å². The van der Waals surface area contributed by atoms with Gasteiger partial charge in [0, 0.05) is 6.42 Å². The highest BCUT2D eigenvalue weighted by molar-refractivity contribution is 5.78. The molecule has 0 N–H and O–H groups in total. The number of cyclic esters (lactones) is 1. The maximum Gasteiger partial charge on any atom is 0.320 e. The van der Waals surface area contributed by atoms with Gasteiger partial charge in [-0.2, -0.15) is 0 Å². The van der Waals surface area contributed by atoms with Gasteiger partial charge in [0.25, 0.3) is 0 Å². The number of hydrogen-bond acceptors (Lipinski definition) is 5. The van der Waals surface area contributed by atoms with Crippen molar-refractivity contribution in [1.29, 1.82) is 0 Å². The van der Waals surface area contributed by atoms with Crippen LogP contribution in [0.15, 0.2) is 0 Å². The predicted molar refractivity (Wildman–Crippen MR) is 127 cm³/mol. The molecular weight excluding hydrogens is 390 g/mol. The molecule has 1 heterocycles. The smallest absolute Gasteiger partial charge is 0.320 e. The molecule has 0 aromatic rings. The minimum absolute atomic E-state index is 0.00460. The molecule has 5 heteroatoms. The van der Waals surface area contributed by atoms with Gasteiger partial charge in [0.2, 0.25) is 0 Å². The first-order valence-electron chi connectivity index (χ1n) is 13.0. The SMILES string of the molecule is CCCCCCCCCCCC(C[C@@H]1OC(=O)[C@H]1CCCCCC)OC(=O)CN(C)C. The summed E-state index contributed by atoms with van der Waals surface area (Å²) in [6, 6.07) is 0. The minimum atomic E-state index is -0.184. The molecule has 31 heavy (non-hydrogen) atoms. The number of hydrogen-bond donors (Lipinski definition) is 0. The average Bonchev–Trinajstić information content (AvgIpc) is 2.71. The van der Waals surface area contributed by atoms with Gasteiger partial charge >= 0.3 is 11.9 Å². The Hall–Kier alpha value is -1.10. The van der Waals surface area contributed by atoms with E-state index in [4.69, 9.17) is 9.47 Å². The van der Waals surface area contributed by atoms with E-state index in [1.54, 1.807) is 0 Å². The number of rotatable bonds is 20. The third kappa shape index (κ3) is 13.1. The van der Waals surface area contributed by atoms with Gasteiger partial charge in [0.05, 0.1) is 12.5 Å². The van der Waals surface area contributed by atoms with Crippen molar-refractivity contribution in [3.63, 3.8) is 0 Å². The van der Waals surface area contributed by atoms with Crippen LogP contribution in [0, 0.1) is 5.92 Å². The number of esters is 2. The molecule has 1 fully saturated rings. The summed E-state index contributed by atoms with van der Waals surface area (Å²) in [6.45, 7) is 4.74. The van der Waals surface area contributed by atoms with E-state index < -0.39 is 0 Å². The van der Waals surface area contributed by atoms with Crippen LogP contribution >= 0.6 is 0 Å². The molecule has 0 aromatic heterocycles. The standard InChI is InChI=1S/C26H49NO4/c1-5-7-9-11-12-13-14-15-16-18-22(30-25(28)21-27(3)4)20-24-23(26(29)31-24)19-17-10-8-6-2/h22-24H,5-21H2,1-4H3/t22?,23-,24-/m0/s1. The first kappa shape index (κ1) is 27.9. The summed E-state index contributed by atoms with van der Waals surface area (Å²) < 4.78 is 11.2. The lowest BCUT2D eigenvalue weighted by molar-refractivity contribution is -0.190. The van der Waals surface area contributed by atoms with Gasteiger partial charge in [0.1, 0.15) is 12.2 Å². The van der Waals surface area contributed by atoms with Gasteiger partial charge < -0.3 is 9.47 Å². The van der Waals surface area contributed by atoms with E-state index in [9.17, 15) is 9.59 Å². The lowest BCUT2D eigenvalue weighted by Gasteiger charge is -2.37. The summed E-state index contributed by atoms with van der Waals surface area (Å²) in [5.74, 6) is -0.256. The molecule has 0 amide bonds. The lowest BCUT2D eigenvalue weighted by Crippen LogP contribution is -2.47. The van der Waals surface area contributed by atoms with Gasteiger partial charge in [-0.1, -0.05) is 90.9 Å². The quantitative estimate of drug-likeness (QED) is 0.165. The van der Waals surface area contributed by atoms with Crippen LogP contribution < -0.4 is 0 Å². The molecule has 3 atom stereocenters. The van der Waals surface area contributed by atoms with Crippen molar-refractivity contribution < 1.29 is 19.1 Å². The fraction of sp³-hybridized carbons (Fsp3) is 0.923. The molecule has 182 valence electrons. The van der Waals surface area contributed by atoms with E-state index in [1.165, 1.54) is 70.6 Å². The lowest BCUT2D eigenvalue weighted by atomic mass is 9.86. The molecule has 0 aliphatic carbocycles. The van der Waals surface area contributed by atoms with Crippen molar-refractivity contribution in [2.45, 2.75) is 129 Å². The van der Waals surface area contributed by atoms with Crippen molar-refractivity contribution in [3.05, 3.63) is 0 Å². The number of nitrogens with zero attached hydrogens (tertiary/aromatic N) is 1. The zero-order valence-corrected chi connectivity index (χ0v) is 20.8. The second kappa shape index (κ2) is 17.5. The molecule has 1 aliphatic heterocycles. The number of unbranched alkanes of at least 4 members (excludes halogenated alkanes) is 11. The molecule has 1 saturated heterocycles. The van der Waals surface area contributed by atoms with Crippen molar-refractivity contribution in [2.75, 3.05) is 20.6 Å². The fourth-order valence-corrected chi connectivity index (χ4v) is 4.35. The van der Waals surface area contributed by atoms with Crippen LogP contribution in [0.25, 0.3) is 0 Å². The molecule has 0 spiro atoms. The summed E-state index contributed by atoms with van der Waals surface area (Å²) >= 11 is 0. The number of carbonyl (C=O) groups excluding carboxylic acids is 2. The molecule has 1 unspecified atom stereocenters. The van der Waals surface area contributed by atoms with E-state index in [2.05, 4.69) is 13.8 Å². The van der Waals surface area contributed by atoms with E-state index in [1.807, 2.05) is 19.0 Å². The van der Waals surface area contributed by atoms with Crippen LogP contribution in [-0.2, 0) is 19.1 Å². The first-order chi connectivity index (χ1) is 15.0. The van der Waals surface area contributed by atoms with Crippen LogP contribution in [0.2, 0.25) is 0 Å². The second-order valence-corrected chi connectivity index (χ2v) is 9.63. The van der Waals surface area contributed by atoms with Crippen LogP contribution in [0.5, 0.6) is 0 Å². The molecular formula is C26H49NO4. The molecule has 0 saturated carbocycles. The summed E-state index contributed by atoms with van der Waals surface area (Å²) in [4.78, 5) is 26.0. The monoisotopic (exact) mass is 439 g/mol. The van der Waals surface area contributed by atoms with Gasteiger partial charge in [-0.25, -0.2) is 0 Å². The Morgan fingerprint density at radius 2 is 1.45 bits per heavy atom. The molecule has 0 bridgehead atoms. The summed E-state index contributed by atoms with van der Waals surface area (Å²) in [7, 11) is 3.74. The zero-order chi connectivity index (χ0) is 22.9. The van der Waals surface area contributed by atoms with E-state index in [0.29, 0.717) is 13.0 Å². The molecule has 1 rings (SSSR count). The average molecular weight is 440 g/mol. The molecule has 0 radical (unpaired) electrons. The van der Waals surface area contributed by atoms with Crippen molar-refractivity contribution in [2.24, 2.45) is 5.92 Å². The normalized spacial score (nSPS) is 19.2. The van der Waals surface area contributed by atoms with Gasteiger partial charge in [-0.15, -0.1) is 0 Å². The van der Waals surface area contributed by atoms with Crippen LogP contribution in [0.3, 0.4) is 0 Å². The van der Waals surface area contributed by atoms with Crippen molar-refractivity contribution in [1.82, 2.24) is 4.90 Å². The Bertz CT molecular complexity index is 480. The Balaban J connectivity index is 2.37. The van der Waals surface area contributed by atoms with Crippen LogP contribution in [0.1, 0.15) is 117 Å². The minimum Gasteiger partial charge on any atom is -0.461 e. The first-order valence-corrected chi connectivity index (χ1v) is 13.0. The highest BCUT2D eigenvalue weighted by Gasteiger charge is 2.43. The second-order valence-electron chi connectivity index (χ2n) is 9.63. The van der Waals surface area contributed by atoms with Crippen LogP contribution in [0.4, 0.5) is 0 Å². The van der Waals surface area contributed by atoms with Crippen molar-refractivity contribution in [3.8, 4) is 0 Å². The summed E-state index contributed by atoms with van der Waals surface area (Å²) in [6.07, 6.45) is 18.4. The summed E-state index contributed by atoms with van der Waals surface area (Å²) in [5.41, 5.74) is 0. The molecule has 1 aliphatic rings. The Morgan fingerprint density at radius 1 is 0.903 bits per heavy atom. The Kier molecular flexibility index (Phi) is 15.7. The number of carbonyl (C=O) groups is 2. The van der Waals surface area contributed by atoms with Gasteiger partial charge in [0.15, 0.2) is 0 Å². The van der Waals surface area contributed by atoms with Crippen molar-refractivity contribution >= 4 is 11.9 Å². The predicted octanol–water partition coefficient (Wildman–Crippen LogP) is 6.28. The molecule has 5 nitrogen and oxygen atoms in total. The van der Waals surface area contributed by atoms with Gasteiger partial charge in [-0.05, 0) is 33.4 Å². The van der Waals surface area contributed by atoms with E-state index in [-0.39, 0.29) is 30.1 Å². The maximum atomic E-state index is 12.2. The fourth-order valence-electron chi connectivity index (χ4n) is 4.35. The largest absolute Gasteiger partial charge is 0.461 e. The third-order valence-electron chi connectivity index (χ3n) is 6.26. The highest BCUT2D eigenvalue weighted by atomic mass is 16.6.